The number of furan rings is 1. The van der Waals surface area contributed by atoms with Crippen molar-refractivity contribution in [2.45, 2.75) is 25.3 Å². The summed E-state index contributed by atoms with van der Waals surface area (Å²) in [5.41, 5.74) is 2.97. The molecule has 31 heavy (non-hydrogen) atoms. The first-order chi connectivity index (χ1) is 15.2. The van der Waals surface area contributed by atoms with E-state index in [4.69, 9.17) is 9.40 Å². The highest BCUT2D eigenvalue weighted by atomic mass is 16.3. The number of nitroso groups, excluding NO2 is 1. The second-order valence-electron chi connectivity index (χ2n) is 7.78. The van der Waals surface area contributed by atoms with Gasteiger partial charge < -0.3 is 4.42 Å². The molecule has 2 aromatic heterocycles. The average molecular weight is 413 g/mol. The fourth-order valence-corrected chi connectivity index (χ4v) is 4.09. The van der Waals surface area contributed by atoms with Gasteiger partial charge in [0.1, 0.15) is 23.3 Å². The zero-order valence-electron chi connectivity index (χ0n) is 16.8. The number of benzene rings is 1. The van der Waals surface area contributed by atoms with Gasteiger partial charge in [-0.25, -0.2) is 9.78 Å². The number of carbonyl (C=O) groups excluding carboxylic acids is 1. The van der Waals surface area contributed by atoms with Crippen LogP contribution in [0, 0.1) is 10.8 Å². The van der Waals surface area contributed by atoms with Gasteiger partial charge in [-0.2, -0.15) is 4.57 Å². The summed E-state index contributed by atoms with van der Waals surface area (Å²) in [6.45, 7) is 0. The van der Waals surface area contributed by atoms with Crippen LogP contribution in [-0.2, 0) is 6.42 Å². The van der Waals surface area contributed by atoms with E-state index in [1.54, 1.807) is 29.2 Å². The molecule has 1 aliphatic carbocycles. The SMILES string of the molecule is O=NC1=CCC(CC2Nc3c(Cc4ccccc4)nc(-c4ccco4)c[n+]3C2=O)C=C1. The van der Waals surface area contributed by atoms with Crippen LogP contribution < -0.4 is 9.88 Å². The highest BCUT2D eigenvalue weighted by molar-refractivity contribution is 5.82. The van der Waals surface area contributed by atoms with Gasteiger partial charge in [-0.1, -0.05) is 42.5 Å². The third-order valence-electron chi connectivity index (χ3n) is 5.67. The number of nitrogens with one attached hydrogen (secondary N) is 1. The fourth-order valence-electron chi connectivity index (χ4n) is 4.09. The fraction of sp³-hybridized carbons (Fsp3) is 0.208. The van der Waals surface area contributed by atoms with Crippen LogP contribution in [0.5, 0.6) is 0 Å². The predicted octanol–water partition coefficient (Wildman–Crippen LogP) is 4.27. The van der Waals surface area contributed by atoms with Crippen LogP contribution in [0.1, 0.15) is 28.9 Å². The number of aromatic nitrogens is 2. The van der Waals surface area contributed by atoms with Gasteiger partial charge in [0, 0.05) is 12.8 Å². The Morgan fingerprint density at radius 3 is 2.77 bits per heavy atom. The first-order valence-corrected chi connectivity index (χ1v) is 10.3. The Bertz CT molecular complexity index is 1180. The third kappa shape index (κ3) is 3.82. The van der Waals surface area contributed by atoms with Gasteiger partial charge in [0.2, 0.25) is 0 Å². The maximum absolute atomic E-state index is 13.3. The zero-order chi connectivity index (χ0) is 21.2. The molecule has 5 rings (SSSR count). The molecular formula is C24H21N4O3+. The summed E-state index contributed by atoms with van der Waals surface area (Å²) in [7, 11) is 0. The molecule has 1 aliphatic heterocycles. The maximum Gasteiger partial charge on any atom is 0.359 e. The Balaban J connectivity index is 1.46. The molecule has 3 heterocycles. The molecule has 0 spiro atoms. The van der Waals surface area contributed by atoms with Gasteiger partial charge >= 0.3 is 11.7 Å². The van der Waals surface area contributed by atoms with Crippen molar-refractivity contribution in [3.8, 4) is 11.5 Å². The Kier molecular flexibility index (Phi) is 5.00. The van der Waals surface area contributed by atoms with Crippen LogP contribution in [0.25, 0.3) is 11.5 Å². The molecule has 1 N–H and O–H groups in total. The number of anilines is 1. The van der Waals surface area contributed by atoms with Crippen molar-refractivity contribution in [2.75, 3.05) is 5.32 Å². The van der Waals surface area contributed by atoms with Crippen molar-refractivity contribution >= 4 is 11.7 Å². The smallest absolute Gasteiger partial charge is 0.359 e. The Morgan fingerprint density at radius 1 is 1.19 bits per heavy atom. The Hall–Kier alpha value is -3.87. The highest BCUT2D eigenvalue weighted by Gasteiger charge is 2.42. The van der Waals surface area contributed by atoms with Crippen molar-refractivity contribution in [3.63, 3.8) is 0 Å². The molecule has 0 saturated carbocycles. The molecular weight excluding hydrogens is 392 g/mol. The molecule has 154 valence electrons. The summed E-state index contributed by atoms with van der Waals surface area (Å²) in [6.07, 6.45) is 10.7. The lowest BCUT2D eigenvalue weighted by molar-refractivity contribution is -0.552. The first kappa shape index (κ1) is 19.1. The zero-order valence-corrected chi connectivity index (χ0v) is 16.8. The summed E-state index contributed by atoms with van der Waals surface area (Å²) in [5, 5.41) is 6.37. The second-order valence-corrected chi connectivity index (χ2v) is 7.78. The lowest BCUT2D eigenvalue weighted by Gasteiger charge is -2.14. The molecule has 7 nitrogen and oxygen atoms in total. The lowest BCUT2D eigenvalue weighted by atomic mass is 9.92. The third-order valence-corrected chi connectivity index (χ3v) is 5.67. The van der Waals surface area contributed by atoms with Gasteiger partial charge in [0.25, 0.3) is 0 Å². The van der Waals surface area contributed by atoms with Crippen molar-refractivity contribution in [3.05, 3.63) is 95.0 Å². The Labute approximate surface area is 179 Å². The summed E-state index contributed by atoms with van der Waals surface area (Å²) in [5.74, 6) is 1.49. The van der Waals surface area contributed by atoms with Gasteiger partial charge in [-0.15, -0.1) is 4.91 Å². The first-order valence-electron chi connectivity index (χ1n) is 10.3. The van der Waals surface area contributed by atoms with Gasteiger partial charge in [-0.3, -0.25) is 5.32 Å². The number of nitrogens with zero attached hydrogens (tertiary/aromatic N) is 3. The molecule has 0 saturated heterocycles. The molecule has 0 fully saturated rings. The predicted molar refractivity (Wildman–Crippen MR) is 115 cm³/mol. The number of allylic oxidation sites excluding steroid dienone is 3. The van der Waals surface area contributed by atoms with Crippen molar-refractivity contribution in [1.29, 1.82) is 0 Å². The number of hydrogen-bond donors (Lipinski definition) is 1. The summed E-state index contributed by atoms with van der Waals surface area (Å²) < 4.78 is 7.19. The maximum atomic E-state index is 13.3. The molecule has 3 aromatic rings. The molecule has 1 aromatic carbocycles. The molecule has 0 bridgehead atoms. The monoisotopic (exact) mass is 413 g/mol. The van der Waals surface area contributed by atoms with E-state index in [-0.39, 0.29) is 17.9 Å². The Morgan fingerprint density at radius 2 is 2.06 bits per heavy atom. The van der Waals surface area contributed by atoms with E-state index < -0.39 is 0 Å². The van der Waals surface area contributed by atoms with Crippen LogP contribution in [0.4, 0.5) is 5.82 Å². The van der Waals surface area contributed by atoms with Crippen LogP contribution >= 0.6 is 0 Å². The molecule has 0 radical (unpaired) electrons. The largest absolute Gasteiger partial charge is 0.463 e. The minimum Gasteiger partial charge on any atom is -0.463 e. The van der Waals surface area contributed by atoms with Crippen molar-refractivity contribution < 1.29 is 13.8 Å². The number of fused-ring (bicyclic) bond motifs is 1. The standard InChI is InChI=1S/C24H20N4O3/c29-24-20(14-17-8-10-18(27-30)11-9-17)26-23-19(13-16-5-2-1-3-6-16)25-21(15-28(23)24)22-7-4-12-31-22/h1-8,10-12,15,17,20H,9,13-14H2/p+1. The summed E-state index contributed by atoms with van der Waals surface area (Å²) in [4.78, 5) is 28.7. The minimum atomic E-state index is -0.364. The number of rotatable bonds is 6. The molecule has 2 unspecified atom stereocenters. The van der Waals surface area contributed by atoms with E-state index in [2.05, 4.69) is 10.5 Å². The van der Waals surface area contributed by atoms with E-state index in [0.29, 0.717) is 36.4 Å². The van der Waals surface area contributed by atoms with Crippen LogP contribution in [0.15, 0.2) is 88.4 Å². The van der Waals surface area contributed by atoms with E-state index in [0.717, 1.165) is 17.1 Å². The van der Waals surface area contributed by atoms with Crippen LogP contribution in [-0.4, -0.2) is 16.9 Å². The highest BCUT2D eigenvalue weighted by Crippen LogP contribution is 2.28. The molecule has 7 heteroatoms. The minimum absolute atomic E-state index is 0.0174. The van der Waals surface area contributed by atoms with E-state index in [1.807, 2.05) is 48.6 Å². The topological polar surface area (TPSA) is 88.4 Å². The average Bonchev–Trinajstić information content (AvgIpc) is 3.45. The lowest BCUT2D eigenvalue weighted by Crippen LogP contribution is -2.44. The molecule has 2 aliphatic rings. The number of carbonyl (C=O) groups is 1. The van der Waals surface area contributed by atoms with Crippen LogP contribution in [0.3, 0.4) is 0 Å². The van der Waals surface area contributed by atoms with Crippen molar-refractivity contribution in [1.82, 2.24) is 4.98 Å². The van der Waals surface area contributed by atoms with Crippen LogP contribution in [0.2, 0.25) is 0 Å². The summed E-state index contributed by atoms with van der Waals surface area (Å²) >= 11 is 0. The second kappa shape index (κ2) is 8.10. The van der Waals surface area contributed by atoms with E-state index in [9.17, 15) is 9.70 Å². The quantitative estimate of drug-likeness (QED) is 0.482. The van der Waals surface area contributed by atoms with E-state index in [1.165, 1.54) is 0 Å². The molecule has 2 atom stereocenters. The van der Waals surface area contributed by atoms with E-state index >= 15 is 0 Å². The number of hydrogen-bond acceptors (Lipinski definition) is 6. The molecule has 0 amide bonds. The van der Waals surface area contributed by atoms with Gasteiger partial charge in [0.15, 0.2) is 11.8 Å². The normalized spacial score (nSPS) is 19.6. The van der Waals surface area contributed by atoms with Gasteiger partial charge in [-0.05, 0) is 41.3 Å². The van der Waals surface area contributed by atoms with Crippen molar-refractivity contribution in [2.24, 2.45) is 11.1 Å². The van der Waals surface area contributed by atoms with Gasteiger partial charge in [0.05, 0.1) is 6.26 Å². The summed E-state index contributed by atoms with van der Waals surface area (Å²) in [6, 6.07) is 13.3.